The highest BCUT2D eigenvalue weighted by Crippen LogP contribution is 2.39. The van der Waals surface area contributed by atoms with Gasteiger partial charge in [0.15, 0.2) is 5.76 Å². The maximum atomic E-state index is 13.3. The molecular formula is C44H42Cl5N5O9S. The van der Waals surface area contributed by atoms with Crippen LogP contribution in [0.5, 0.6) is 5.75 Å². The average Bonchev–Trinajstić information content (AvgIpc) is 3.85. The van der Waals surface area contributed by atoms with Crippen molar-refractivity contribution in [3.05, 3.63) is 115 Å². The number of hydrogen-bond donors (Lipinski definition) is 2. The van der Waals surface area contributed by atoms with Gasteiger partial charge in [0.05, 0.1) is 44.7 Å². The Labute approximate surface area is 393 Å². The van der Waals surface area contributed by atoms with E-state index < -0.39 is 16.0 Å². The zero-order valence-corrected chi connectivity index (χ0v) is 38.7. The fraction of sp³-hybridized carbons (Fsp3) is 0.318. The average molecular weight is 994 g/mol. The van der Waals surface area contributed by atoms with Crippen LogP contribution < -0.4 is 9.80 Å². The van der Waals surface area contributed by atoms with Crippen molar-refractivity contribution < 1.29 is 41.8 Å². The summed E-state index contributed by atoms with van der Waals surface area (Å²) in [4.78, 5) is 32.0. The fourth-order valence-electron chi connectivity index (χ4n) is 8.06. The lowest BCUT2D eigenvalue weighted by Crippen LogP contribution is -2.46. The number of aromatic hydroxyl groups is 1. The number of fused-ring (bicyclic) bond motifs is 2. The minimum absolute atomic E-state index is 0.0721. The number of sulfonamides is 1. The predicted octanol–water partition coefficient (Wildman–Crippen LogP) is 9.23. The number of halogens is 5. The van der Waals surface area contributed by atoms with Gasteiger partial charge in [-0.2, -0.15) is 4.31 Å². The quantitative estimate of drug-likeness (QED) is 0.149. The highest BCUT2D eigenvalue weighted by molar-refractivity contribution is 7.89. The molecule has 6 aromatic rings. The Balaban J connectivity index is 0.000000181. The third-order valence-electron chi connectivity index (χ3n) is 11.5. The number of carboxylic acid groups (broad SMARTS) is 1. The zero-order valence-electron chi connectivity index (χ0n) is 34.1. The fourth-order valence-corrected chi connectivity index (χ4v) is 11.5. The Bertz CT molecular complexity index is 2780. The van der Waals surface area contributed by atoms with Gasteiger partial charge in [-0.3, -0.25) is 9.69 Å². The summed E-state index contributed by atoms with van der Waals surface area (Å²) in [6, 6.07) is 20.2. The molecular weight excluding hydrogens is 952 g/mol. The van der Waals surface area contributed by atoms with Crippen LogP contribution in [0.15, 0.2) is 86.5 Å². The SMILES string of the molecule is O=C(O)c1cc2c(Cl)c(N3CCN(Cc4c(O)cccc4Cl)CC3)ccc2o1.O=C(c1cc2c(Cl)c(N3CCCN(S(=O)(=O)c4c(Cl)cccc4Cl)CC3)ccc2o1)N1CCOCC1. The number of amides is 1. The molecule has 5 heterocycles. The van der Waals surface area contributed by atoms with Gasteiger partial charge in [0.2, 0.25) is 15.8 Å². The molecule has 0 bridgehead atoms. The number of benzene rings is 4. The van der Waals surface area contributed by atoms with E-state index in [-0.39, 0.29) is 44.7 Å². The first-order valence-corrected chi connectivity index (χ1v) is 23.7. The van der Waals surface area contributed by atoms with Crippen molar-refractivity contribution in [3.8, 4) is 5.75 Å². The standard InChI is InChI=1S/C24H24Cl3N3O5S.C20H18Cl2N2O4/c25-17-3-1-4-18(26)23(17)36(32,33)30-8-2-7-28(9-10-30)19-5-6-20-16(22(19)27)15-21(35-20)24(31)29-11-13-34-14-12-29;21-14-2-1-3-16(25)13(14)11-23-6-8-24(9-7-23)15-4-5-17-12(19(15)22)10-18(28-17)20(26)27/h1,3-6,15H,2,7-14H2;1-5,10,25H,6-9,11H2,(H,26,27). The highest BCUT2D eigenvalue weighted by atomic mass is 35.5. The van der Waals surface area contributed by atoms with E-state index in [2.05, 4.69) is 9.80 Å². The van der Waals surface area contributed by atoms with Crippen LogP contribution >= 0.6 is 58.0 Å². The molecule has 0 saturated carbocycles. The summed E-state index contributed by atoms with van der Waals surface area (Å²) >= 11 is 31.9. The Hall–Kier alpha value is -4.42. The number of morpholine rings is 1. The summed E-state index contributed by atoms with van der Waals surface area (Å²) in [5.74, 6) is -1.00. The number of hydrogen-bond acceptors (Lipinski definition) is 11. The molecule has 20 heteroatoms. The second kappa shape index (κ2) is 19.6. The van der Waals surface area contributed by atoms with E-state index in [9.17, 15) is 23.1 Å². The maximum absolute atomic E-state index is 13.3. The molecule has 2 N–H and O–H groups in total. The van der Waals surface area contributed by atoms with E-state index in [1.54, 1.807) is 47.4 Å². The number of anilines is 2. The Morgan fingerprint density at radius 3 is 1.80 bits per heavy atom. The zero-order chi connectivity index (χ0) is 45.3. The second-order valence-electron chi connectivity index (χ2n) is 15.3. The van der Waals surface area contributed by atoms with E-state index in [0.29, 0.717) is 95.9 Å². The first-order valence-electron chi connectivity index (χ1n) is 20.4. The van der Waals surface area contributed by atoms with Gasteiger partial charge < -0.3 is 38.5 Å². The monoisotopic (exact) mass is 991 g/mol. The van der Waals surface area contributed by atoms with Crippen molar-refractivity contribution in [2.75, 3.05) is 88.5 Å². The molecule has 2 aromatic heterocycles. The topological polar surface area (TPSA) is 160 Å². The molecule has 4 aromatic carbocycles. The largest absolute Gasteiger partial charge is 0.508 e. The molecule has 3 fully saturated rings. The lowest BCUT2D eigenvalue weighted by molar-refractivity contribution is 0.0284. The number of phenols is 1. The molecule has 0 atom stereocenters. The van der Waals surface area contributed by atoms with Crippen LogP contribution in [0, 0.1) is 0 Å². The van der Waals surface area contributed by atoms with Crippen molar-refractivity contribution in [1.82, 2.24) is 14.1 Å². The Kier molecular flexibility index (Phi) is 14.1. The molecule has 1 amide bonds. The molecule has 3 aliphatic heterocycles. The highest BCUT2D eigenvalue weighted by Gasteiger charge is 2.32. The number of carboxylic acids is 1. The minimum Gasteiger partial charge on any atom is -0.508 e. The maximum Gasteiger partial charge on any atom is 0.371 e. The van der Waals surface area contributed by atoms with Crippen LogP contribution in [0.3, 0.4) is 0 Å². The van der Waals surface area contributed by atoms with Crippen molar-refractivity contribution in [3.63, 3.8) is 0 Å². The van der Waals surface area contributed by atoms with E-state index in [0.717, 1.165) is 43.1 Å². The van der Waals surface area contributed by atoms with Gasteiger partial charge in [-0.25, -0.2) is 13.2 Å². The first kappa shape index (κ1) is 46.1. The van der Waals surface area contributed by atoms with E-state index in [4.69, 9.17) is 76.7 Å². The van der Waals surface area contributed by atoms with Crippen LogP contribution in [0.1, 0.15) is 33.1 Å². The minimum atomic E-state index is -3.87. The van der Waals surface area contributed by atoms with Gasteiger partial charge in [-0.15, -0.1) is 0 Å². The van der Waals surface area contributed by atoms with Gasteiger partial charge in [-0.1, -0.05) is 70.1 Å². The van der Waals surface area contributed by atoms with Gasteiger partial charge in [0.1, 0.15) is 21.8 Å². The first-order chi connectivity index (χ1) is 30.7. The molecule has 64 heavy (non-hydrogen) atoms. The van der Waals surface area contributed by atoms with Crippen molar-refractivity contribution in [2.45, 2.75) is 17.9 Å². The van der Waals surface area contributed by atoms with Gasteiger partial charge in [0, 0.05) is 99.4 Å². The number of piperazine rings is 1. The molecule has 14 nitrogen and oxygen atoms in total. The van der Waals surface area contributed by atoms with Crippen LogP contribution in [0.25, 0.3) is 21.9 Å². The number of ether oxygens (including phenoxy) is 1. The number of furan rings is 2. The third-order valence-corrected chi connectivity index (χ3v) is 15.5. The lowest BCUT2D eigenvalue weighted by atomic mass is 10.1. The van der Waals surface area contributed by atoms with Crippen LogP contribution in [0.4, 0.5) is 11.4 Å². The van der Waals surface area contributed by atoms with Gasteiger partial charge >= 0.3 is 5.97 Å². The normalized spacial score (nSPS) is 16.8. The van der Waals surface area contributed by atoms with Crippen LogP contribution in [-0.2, 0) is 21.3 Å². The number of aromatic carboxylic acids is 1. The van der Waals surface area contributed by atoms with Crippen LogP contribution in [0.2, 0.25) is 25.1 Å². The second-order valence-corrected chi connectivity index (χ2v) is 19.2. The lowest BCUT2D eigenvalue weighted by Gasteiger charge is -2.36. The third kappa shape index (κ3) is 9.60. The number of rotatable bonds is 8. The molecule has 0 radical (unpaired) electrons. The van der Waals surface area contributed by atoms with E-state index in [1.165, 1.54) is 22.5 Å². The summed E-state index contributed by atoms with van der Waals surface area (Å²) in [6.45, 7) is 7.26. The number of phenolic OH excluding ortho intramolecular Hbond substituents is 1. The number of carbonyl (C=O) groups excluding carboxylic acids is 1. The molecule has 0 aliphatic carbocycles. The molecule has 338 valence electrons. The predicted molar refractivity (Wildman–Crippen MR) is 249 cm³/mol. The molecule has 0 spiro atoms. The molecule has 0 unspecified atom stereocenters. The van der Waals surface area contributed by atoms with Gasteiger partial charge in [-0.05, 0) is 61.0 Å². The van der Waals surface area contributed by atoms with Crippen LogP contribution in [-0.4, -0.2) is 123 Å². The summed E-state index contributed by atoms with van der Waals surface area (Å²) in [5.41, 5.74) is 3.32. The summed E-state index contributed by atoms with van der Waals surface area (Å²) in [5, 5.41) is 22.1. The Morgan fingerprint density at radius 1 is 0.641 bits per heavy atom. The van der Waals surface area contributed by atoms with Gasteiger partial charge in [0.25, 0.3) is 5.91 Å². The number of nitrogens with zero attached hydrogens (tertiary/aromatic N) is 5. The smallest absolute Gasteiger partial charge is 0.371 e. The van der Waals surface area contributed by atoms with Crippen molar-refractivity contribution >= 4 is 113 Å². The molecule has 3 aliphatic rings. The number of carbonyl (C=O) groups is 2. The van der Waals surface area contributed by atoms with Crippen molar-refractivity contribution in [1.29, 1.82) is 0 Å². The molecule has 3 saturated heterocycles. The van der Waals surface area contributed by atoms with Crippen molar-refractivity contribution in [2.24, 2.45) is 0 Å². The summed E-state index contributed by atoms with van der Waals surface area (Å²) < 4.78 is 44.5. The summed E-state index contributed by atoms with van der Waals surface area (Å²) in [7, 11) is -3.87. The van der Waals surface area contributed by atoms with E-state index in [1.807, 2.05) is 17.0 Å². The molecule has 9 rings (SSSR count). The Morgan fingerprint density at radius 2 is 1.19 bits per heavy atom. The van der Waals surface area contributed by atoms with E-state index >= 15 is 0 Å². The summed E-state index contributed by atoms with van der Waals surface area (Å²) in [6.07, 6.45) is 0.585.